The minimum Gasteiger partial charge on any atom is -0.415 e. The number of nitrogens with one attached hydrogen (secondary N) is 1. The Morgan fingerprint density at radius 2 is 1.91 bits per heavy atom. The highest BCUT2D eigenvalue weighted by atomic mass is 19.3. The van der Waals surface area contributed by atoms with E-state index in [-0.39, 0.29) is 5.88 Å². The van der Waals surface area contributed by atoms with Crippen LogP contribution in [0.3, 0.4) is 0 Å². The lowest BCUT2D eigenvalue weighted by Crippen LogP contribution is -2.04. The van der Waals surface area contributed by atoms with Crippen LogP contribution in [0, 0.1) is 0 Å². The molecule has 0 aliphatic rings. The first-order chi connectivity index (χ1) is 11.2. The van der Waals surface area contributed by atoms with Gasteiger partial charge in [0.25, 0.3) is 0 Å². The second-order valence-corrected chi connectivity index (χ2v) is 5.03. The number of H-pyrrole nitrogens is 1. The first-order valence-corrected chi connectivity index (χ1v) is 6.99. The fraction of sp³-hybridized carbons (Fsp3) is 0.0588. The molecule has 4 rings (SSSR count). The number of benzene rings is 1. The van der Waals surface area contributed by atoms with Crippen LogP contribution in [0.4, 0.5) is 8.78 Å². The summed E-state index contributed by atoms with van der Waals surface area (Å²) in [6, 6.07) is 13.0. The quantitative estimate of drug-likeness (QED) is 0.611. The zero-order valence-electron chi connectivity index (χ0n) is 11.8. The summed E-state index contributed by atoms with van der Waals surface area (Å²) in [5.74, 6) is -0.118. The molecule has 0 bridgehead atoms. The van der Waals surface area contributed by atoms with E-state index in [0.29, 0.717) is 11.2 Å². The van der Waals surface area contributed by atoms with Gasteiger partial charge in [0, 0.05) is 34.2 Å². The van der Waals surface area contributed by atoms with Crippen LogP contribution >= 0.6 is 0 Å². The Kier molecular flexibility index (Phi) is 3.15. The average Bonchev–Trinajstić information content (AvgIpc) is 2.94. The molecule has 6 heteroatoms. The number of para-hydroxylation sites is 1. The van der Waals surface area contributed by atoms with Gasteiger partial charge >= 0.3 is 6.61 Å². The van der Waals surface area contributed by atoms with Crippen LogP contribution in [0.2, 0.25) is 0 Å². The van der Waals surface area contributed by atoms with Crippen LogP contribution in [-0.2, 0) is 0 Å². The Labute approximate surface area is 129 Å². The van der Waals surface area contributed by atoms with E-state index in [1.165, 1.54) is 0 Å². The molecule has 0 atom stereocenters. The Balaban J connectivity index is 2.03. The summed E-state index contributed by atoms with van der Waals surface area (Å²) >= 11 is 0. The molecule has 0 spiro atoms. The third-order valence-electron chi connectivity index (χ3n) is 3.62. The smallest absolute Gasteiger partial charge is 0.388 e. The lowest BCUT2D eigenvalue weighted by molar-refractivity contribution is -0.0517. The molecule has 0 aliphatic carbocycles. The van der Waals surface area contributed by atoms with Crippen molar-refractivity contribution in [1.29, 1.82) is 0 Å². The van der Waals surface area contributed by atoms with Gasteiger partial charge in [-0.1, -0.05) is 18.2 Å². The van der Waals surface area contributed by atoms with Crippen LogP contribution in [0.25, 0.3) is 33.1 Å². The molecule has 1 aromatic carbocycles. The summed E-state index contributed by atoms with van der Waals surface area (Å²) in [6.45, 7) is -2.94. The summed E-state index contributed by atoms with van der Waals surface area (Å²) in [4.78, 5) is 11.4. The number of fused-ring (bicyclic) bond motifs is 3. The van der Waals surface area contributed by atoms with Gasteiger partial charge in [-0.3, -0.25) is 4.98 Å². The molecule has 0 saturated carbocycles. The van der Waals surface area contributed by atoms with E-state index >= 15 is 0 Å². The SMILES string of the molecule is FC(F)Oc1nc(-c2cccnc2)cc2c1[nH]c1ccccc12. The first-order valence-electron chi connectivity index (χ1n) is 6.99. The van der Waals surface area contributed by atoms with Crippen molar-refractivity contribution in [3.8, 4) is 17.1 Å². The molecule has 1 N–H and O–H groups in total. The van der Waals surface area contributed by atoms with Crippen LogP contribution in [0.5, 0.6) is 5.88 Å². The Morgan fingerprint density at radius 3 is 2.70 bits per heavy atom. The van der Waals surface area contributed by atoms with E-state index in [1.54, 1.807) is 18.5 Å². The van der Waals surface area contributed by atoms with Crippen LogP contribution < -0.4 is 4.74 Å². The molecular weight excluding hydrogens is 300 g/mol. The number of aromatic nitrogens is 3. The Morgan fingerprint density at radius 1 is 1.04 bits per heavy atom. The fourth-order valence-electron chi connectivity index (χ4n) is 2.65. The standard InChI is InChI=1S/C17H11F2N3O/c18-17(19)23-16-15-12(11-5-1-2-6-13(11)21-15)8-14(22-16)10-4-3-7-20-9-10/h1-9,17,21H. The third kappa shape index (κ3) is 2.38. The number of halogens is 2. The van der Waals surface area contributed by atoms with Crippen molar-refractivity contribution in [2.75, 3.05) is 0 Å². The van der Waals surface area contributed by atoms with Crippen molar-refractivity contribution in [2.45, 2.75) is 6.61 Å². The summed E-state index contributed by atoms with van der Waals surface area (Å²) in [5, 5.41) is 1.71. The molecular formula is C17H11F2N3O. The fourth-order valence-corrected chi connectivity index (χ4v) is 2.65. The number of nitrogens with zero attached hydrogens (tertiary/aromatic N) is 2. The van der Waals surface area contributed by atoms with E-state index in [2.05, 4.69) is 19.7 Å². The average molecular weight is 311 g/mol. The zero-order valence-corrected chi connectivity index (χ0v) is 11.8. The third-order valence-corrected chi connectivity index (χ3v) is 3.62. The van der Waals surface area contributed by atoms with Gasteiger partial charge in [0.1, 0.15) is 5.52 Å². The van der Waals surface area contributed by atoms with E-state index in [1.807, 2.05) is 36.4 Å². The van der Waals surface area contributed by atoms with Gasteiger partial charge in [-0.25, -0.2) is 4.98 Å². The normalized spacial score (nSPS) is 11.4. The van der Waals surface area contributed by atoms with Gasteiger partial charge in [-0.05, 0) is 24.3 Å². The van der Waals surface area contributed by atoms with Crippen molar-refractivity contribution in [3.63, 3.8) is 0 Å². The van der Waals surface area contributed by atoms with Gasteiger partial charge in [-0.15, -0.1) is 0 Å². The maximum Gasteiger partial charge on any atom is 0.388 e. The van der Waals surface area contributed by atoms with Crippen molar-refractivity contribution in [1.82, 2.24) is 15.0 Å². The van der Waals surface area contributed by atoms with Crippen molar-refractivity contribution in [2.24, 2.45) is 0 Å². The largest absolute Gasteiger partial charge is 0.415 e. The molecule has 114 valence electrons. The molecule has 0 aliphatic heterocycles. The van der Waals surface area contributed by atoms with Crippen molar-refractivity contribution < 1.29 is 13.5 Å². The monoisotopic (exact) mass is 311 g/mol. The molecule has 0 radical (unpaired) electrons. The minimum atomic E-state index is -2.94. The van der Waals surface area contributed by atoms with Crippen molar-refractivity contribution >= 4 is 21.8 Å². The lowest BCUT2D eigenvalue weighted by Gasteiger charge is -2.08. The molecule has 0 unspecified atom stereocenters. The topological polar surface area (TPSA) is 50.8 Å². The summed E-state index contributed by atoms with van der Waals surface area (Å²) in [5.41, 5.74) is 2.57. The molecule has 0 amide bonds. The highest BCUT2D eigenvalue weighted by molar-refractivity contribution is 6.09. The van der Waals surface area contributed by atoms with Crippen LogP contribution in [0.15, 0.2) is 54.9 Å². The number of ether oxygens (including phenoxy) is 1. The number of aromatic amines is 1. The minimum absolute atomic E-state index is 0.118. The Hall–Kier alpha value is -3.02. The van der Waals surface area contributed by atoms with E-state index in [9.17, 15) is 8.78 Å². The summed E-state index contributed by atoms with van der Waals surface area (Å²) in [6.07, 6.45) is 3.28. The maximum atomic E-state index is 12.7. The molecule has 0 fully saturated rings. The van der Waals surface area contributed by atoms with Gasteiger partial charge in [-0.2, -0.15) is 8.78 Å². The maximum absolute atomic E-state index is 12.7. The lowest BCUT2D eigenvalue weighted by atomic mass is 10.1. The Bertz CT molecular complexity index is 983. The predicted octanol–water partition coefficient (Wildman–Crippen LogP) is 4.38. The highest BCUT2D eigenvalue weighted by Crippen LogP contribution is 2.34. The molecule has 4 aromatic rings. The van der Waals surface area contributed by atoms with Gasteiger partial charge < -0.3 is 9.72 Å². The first kappa shape index (κ1) is 13.6. The highest BCUT2D eigenvalue weighted by Gasteiger charge is 2.16. The van der Waals surface area contributed by atoms with Gasteiger partial charge in [0.15, 0.2) is 0 Å². The molecule has 0 saturated heterocycles. The molecule has 23 heavy (non-hydrogen) atoms. The zero-order chi connectivity index (χ0) is 15.8. The van der Waals surface area contributed by atoms with E-state index in [0.717, 1.165) is 21.9 Å². The van der Waals surface area contributed by atoms with Crippen LogP contribution in [-0.4, -0.2) is 21.6 Å². The molecule has 4 nitrogen and oxygen atoms in total. The molecule has 3 heterocycles. The predicted molar refractivity (Wildman–Crippen MR) is 83.5 cm³/mol. The second kappa shape index (κ2) is 5.31. The van der Waals surface area contributed by atoms with Gasteiger partial charge in [0.05, 0.1) is 5.69 Å². The number of rotatable bonds is 3. The number of hydrogen-bond acceptors (Lipinski definition) is 3. The van der Waals surface area contributed by atoms with Gasteiger partial charge in [0.2, 0.25) is 5.88 Å². The summed E-state index contributed by atoms with van der Waals surface area (Å²) < 4.78 is 30.1. The number of pyridine rings is 2. The van der Waals surface area contributed by atoms with E-state index < -0.39 is 6.61 Å². The number of hydrogen-bond donors (Lipinski definition) is 1. The summed E-state index contributed by atoms with van der Waals surface area (Å²) in [7, 11) is 0. The number of alkyl halides is 2. The van der Waals surface area contributed by atoms with E-state index in [4.69, 9.17) is 0 Å². The van der Waals surface area contributed by atoms with Crippen molar-refractivity contribution in [3.05, 3.63) is 54.9 Å². The second-order valence-electron chi connectivity index (χ2n) is 5.03. The molecule has 3 aromatic heterocycles. The van der Waals surface area contributed by atoms with Crippen LogP contribution in [0.1, 0.15) is 0 Å².